The second kappa shape index (κ2) is 14.2. The molecule has 22 heavy (non-hydrogen) atoms. The highest BCUT2D eigenvalue weighted by molar-refractivity contribution is 7.46. The van der Waals surface area contributed by atoms with Crippen LogP contribution in [0.15, 0.2) is 30.3 Å². The van der Waals surface area contributed by atoms with Crippen LogP contribution in [0, 0.1) is 0 Å². The molecule has 126 valence electrons. The van der Waals surface area contributed by atoms with E-state index in [0.717, 1.165) is 32.2 Å². The van der Waals surface area contributed by atoms with Gasteiger partial charge >= 0.3 is 0 Å². The van der Waals surface area contributed by atoms with Crippen molar-refractivity contribution >= 4 is 8.38 Å². The Morgan fingerprint density at radius 3 is 1.77 bits per heavy atom. The van der Waals surface area contributed by atoms with Crippen molar-refractivity contribution in [1.29, 1.82) is 0 Å². The molecule has 1 aromatic rings. The van der Waals surface area contributed by atoms with Crippen LogP contribution in [0.2, 0.25) is 0 Å². The molecule has 3 heteroatoms. The Hall–Kier alpha value is -0.430. The molecule has 0 aliphatic heterocycles. The molecule has 0 saturated carbocycles. The molecule has 1 aromatic carbocycles. The Bertz CT molecular complexity index is 329. The van der Waals surface area contributed by atoms with E-state index in [1.54, 1.807) is 0 Å². The number of unbranched alkanes of at least 4 members (excludes halogenated alkanes) is 6. The summed E-state index contributed by atoms with van der Waals surface area (Å²) in [4.78, 5) is 0. The Morgan fingerprint density at radius 1 is 0.727 bits per heavy atom. The summed E-state index contributed by atoms with van der Waals surface area (Å²) >= 11 is 0. The third-order valence-corrected chi connectivity index (χ3v) is 5.19. The van der Waals surface area contributed by atoms with Crippen LogP contribution in [0.4, 0.5) is 0 Å². The van der Waals surface area contributed by atoms with Crippen molar-refractivity contribution in [2.24, 2.45) is 0 Å². The summed E-state index contributed by atoms with van der Waals surface area (Å²) in [6.07, 6.45) is 10.9. The van der Waals surface area contributed by atoms with Gasteiger partial charge in [0.05, 0.1) is 13.2 Å². The van der Waals surface area contributed by atoms with Gasteiger partial charge in [-0.05, 0) is 18.4 Å². The van der Waals surface area contributed by atoms with Crippen LogP contribution in [0.3, 0.4) is 0 Å². The molecule has 0 fully saturated rings. The maximum Gasteiger partial charge on any atom is 0.175 e. The van der Waals surface area contributed by atoms with Crippen LogP contribution in [0.1, 0.15) is 70.8 Å². The molecule has 0 bridgehead atoms. The number of hydrogen-bond donors (Lipinski definition) is 0. The van der Waals surface area contributed by atoms with Crippen molar-refractivity contribution in [2.75, 3.05) is 13.2 Å². The monoisotopic (exact) mass is 324 g/mol. The zero-order chi connectivity index (χ0) is 15.9. The van der Waals surface area contributed by atoms with E-state index in [2.05, 4.69) is 44.2 Å². The number of rotatable bonds is 14. The van der Waals surface area contributed by atoms with E-state index in [0.29, 0.717) is 0 Å². The standard InChI is InChI=1S/C19H33O2P/c1-3-5-7-12-16-20-22(21-17-13-8-6-4-2)18-19-14-10-9-11-15-19/h9-11,14-15H,3-8,12-13,16-18H2,1-2H3. The average Bonchev–Trinajstić information content (AvgIpc) is 2.55. The molecule has 0 aliphatic carbocycles. The lowest BCUT2D eigenvalue weighted by molar-refractivity contribution is 0.239. The lowest BCUT2D eigenvalue weighted by atomic mass is 10.2. The number of hydrogen-bond acceptors (Lipinski definition) is 2. The summed E-state index contributed by atoms with van der Waals surface area (Å²) < 4.78 is 12.1. The highest BCUT2D eigenvalue weighted by Gasteiger charge is 2.11. The predicted octanol–water partition coefficient (Wildman–Crippen LogP) is 6.69. The lowest BCUT2D eigenvalue weighted by Gasteiger charge is -2.18. The van der Waals surface area contributed by atoms with Gasteiger partial charge in [-0.2, -0.15) is 0 Å². The third-order valence-electron chi connectivity index (χ3n) is 3.62. The second-order valence-corrected chi connectivity index (χ2v) is 7.26. The summed E-state index contributed by atoms with van der Waals surface area (Å²) in [6.45, 7) is 6.16. The van der Waals surface area contributed by atoms with Gasteiger partial charge in [0.15, 0.2) is 8.38 Å². The van der Waals surface area contributed by atoms with Gasteiger partial charge in [0, 0.05) is 6.16 Å². The first-order valence-electron chi connectivity index (χ1n) is 8.94. The Labute approximate surface area is 138 Å². The molecule has 0 spiro atoms. The fourth-order valence-corrected chi connectivity index (χ4v) is 3.68. The average molecular weight is 324 g/mol. The highest BCUT2D eigenvalue weighted by Crippen LogP contribution is 2.42. The van der Waals surface area contributed by atoms with Crippen molar-refractivity contribution in [3.63, 3.8) is 0 Å². The molecule has 0 atom stereocenters. The van der Waals surface area contributed by atoms with Crippen LogP contribution in [0.5, 0.6) is 0 Å². The van der Waals surface area contributed by atoms with Crippen LogP contribution in [0.25, 0.3) is 0 Å². The smallest absolute Gasteiger partial charge is 0.175 e. The van der Waals surface area contributed by atoms with E-state index in [-0.39, 0.29) is 0 Å². The maximum atomic E-state index is 6.04. The topological polar surface area (TPSA) is 18.5 Å². The molecule has 0 unspecified atom stereocenters. The van der Waals surface area contributed by atoms with E-state index in [1.807, 2.05) is 0 Å². The fraction of sp³-hybridized carbons (Fsp3) is 0.684. The second-order valence-electron chi connectivity index (χ2n) is 5.76. The first kappa shape index (κ1) is 19.6. The van der Waals surface area contributed by atoms with Gasteiger partial charge in [0.2, 0.25) is 0 Å². The van der Waals surface area contributed by atoms with Gasteiger partial charge in [-0.3, -0.25) is 0 Å². The Balaban J connectivity index is 2.29. The minimum Gasteiger partial charge on any atom is -0.334 e. The molecule has 0 amide bonds. The molecule has 0 saturated heterocycles. The van der Waals surface area contributed by atoms with Gasteiger partial charge in [0.25, 0.3) is 0 Å². The zero-order valence-electron chi connectivity index (χ0n) is 14.4. The SMILES string of the molecule is CCCCCCOP(Cc1ccccc1)OCCCCCC. The van der Waals surface area contributed by atoms with E-state index in [9.17, 15) is 0 Å². The lowest BCUT2D eigenvalue weighted by Crippen LogP contribution is -1.98. The molecular formula is C19H33O2P. The first-order valence-corrected chi connectivity index (χ1v) is 10.3. The van der Waals surface area contributed by atoms with Gasteiger partial charge in [-0.1, -0.05) is 82.7 Å². The highest BCUT2D eigenvalue weighted by atomic mass is 31.2. The van der Waals surface area contributed by atoms with Crippen LogP contribution in [-0.2, 0) is 15.2 Å². The van der Waals surface area contributed by atoms with Crippen LogP contribution < -0.4 is 0 Å². The van der Waals surface area contributed by atoms with Gasteiger partial charge in [0.1, 0.15) is 0 Å². The summed E-state index contributed by atoms with van der Waals surface area (Å²) in [7, 11) is -0.779. The minimum absolute atomic E-state index is 0.779. The number of benzene rings is 1. The summed E-state index contributed by atoms with van der Waals surface area (Å²) in [5.74, 6) is 0. The molecule has 0 radical (unpaired) electrons. The van der Waals surface area contributed by atoms with Crippen molar-refractivity contribution in [2.45, 2.75) is 71.4 Å². The van der Waals surface area contributed by atoms with Crippen molar-refractivity contribution in [3.8, 4) is 0 Å². The normalized spacial score (nSPS) is 11.2. The summed E-state index contributed by atoms with van der Waals surface area (Å²) in [5, 5.41) is 0. The molecule has 1 rings (SSSR count). The minimum atomic E-state index is -0.779. The quantitative estimate of drug-likeness (QED) is 0.280. The van der Waals surface area contributed by atoms with E-state index < -0.39 is 8.38 Å². The zero-order valence-corrected chi connectivity index (χ0v) is 15.3. The Morgan fingerprint density at radius 2 is 1.27 bits per heavy atom. The predicted molar refractivity (Wildman–Crippen MR) is 97.3 cm³/mol. The van der Waals surface area contributed by atoms with Gasteiger partial charge < -0.3 is 9.05 Å². The molecule has 0 heterocycles. The third kappa shape index (κ3) is 10.3. The van der Waals surface area contributed by atoms with E-state index in [1.165, 1.54) is 44.1 Å². The van der Waals surface area contributed by atoms with E-state index in [4.69, 9.17) is 9.05 Å². The molecule has 0 N–H and O–H groups in total. The fourth-order valence-electron chi connectivity index (χ4n) is 2.25. The summed E-state index contributed by atoms with van der Waals surface area (Å²) in [5.41, 5.74) is 1.32. The van der Waals surface area contributed by atoms with Crippen LogP contribution in [-0.4, -0.2) is 13.2 Å². The summed E-state index contributed by atoms with van der Waals surface area (Å²) in [6, 6.07) is 10.6. The molecule has 0 aliphatic rings. The van der Waals surface area contributed by atoms with Gasteiger partial charge in [-0.15, -0.1) is 0 Å². The van der Waals surface area contributed by atoms with Crippen molar-refractivity contribution in [3.05, 3.63) is 35.9 Å². The maximum absolute atomic E-state index is 6.04. The Kier molecular flexibility index (Phi) is 12.6. The van der Waals surface area contributed by atoms with Crippen molar-refractivity contribution in [1.82, 2.24) is 0 Å². The van der Waals surface area contributed by atoms with Crippen molar-refractivity contribution < 1.29 is 9.05 Å². The molecule has 0 aromatic heterocycles. The largest absolute Gasteiger partial charge is 0.334 e. The molecule has 2 nitrogen and oxygen atoms in total. The van der Waals surface area contributed by atoms with E-state index >= 15 is 0 Å². The first-order chi connectivity index (χ1) is 10.9. The van der Waals surface area contributed by atoms with Gasteiger partial charge in [-0.25, -0.2) is 0 Å². The molecular weight excluding hydrogens is 291 g/mol. The van der Waals surface area contributed by atoms with Crippen LogP contribution >= 0.6 is 8.38 Å².